The number of para-hydroxylation sites is 2. The van der Waals surface area contributed by atoms with E-state index in [1.165, 1.54) is 144 Å². The van der Waals surface area contributed by atoms with Crippen molar-refractivity contribution in [2.75, 3.05) is 9.80 Å². The van der Waals surface area contributed by atoms with Gasteiger partial charge in [0, 0.05) is 22.1 Å². The van der Waals surface area contributed by atoms with Gasteiger partial charge in [0.05, 0.1) is 33.6 Å². The Bertz CT molecular complexity index is 4570. The van der Waals surface area contributed by atoms with Crippen molar-refractivity contribution in [2.24, 2.45) is 0 Å². The van der Waals surface area contributed by atoms with E-state index < -0.39 is 10.8 Å². The molecule has 0 unspecified atom stereocenters. The summed E-state index contributed by atoms with van der Waals surface area (Å²) in [6, 6.07) is 105. The molecule has 2 nitrogen and oxygen atoms in total. The average molecular weight is 1100 g/mol. The summed E-state index contributed by atoms with van der Waals surface area (Å²) in [4.78, 5) is 5.07. The van der Waals surface area contributed by atoms with Gasteiger partial charge in [0.25, 0.3) is 0 Å². The molecule has 0 saturated carbocycles. The van der Waals surface area contributed by atoms with Gasteiger partial charge in [0.2, 0.25) is 0 Å². The third kappa shape index (κ3) is 7.39. The molecule has 2 aliphatic carbocycles. The minimum absolute atomic E-state index is 0.514. The van der Waals surface area contributed by atoms with Gasteiger partial charge in [-0.3, -0.25) is 0 Å². The molecule has 0 radical (unpaired) electrons. The lowest BCUT2D eigenvalue weighted by atomic mass is 9.67. The Morgan fingerprint density at radius 1 is 0.256 bits per heavy atom. The standard InChI is InChI=1S/C84H64N2/c1-53-23-21-25-61(47-53)83(73-35-17-13-31-67(73)68-32-14-18-36-74(68)83)63-49-55(3)81(56(4)50-63)85(65-27-9-7-10-28-65)77-45-41-59-40-44-72-78(46-42-60-39-43-71(77)79(59)80(60)72)86(66-29-11-8-12-30-66)82-57(5)51-64(52-58(82)6)84(62-26-22-24-54(2)48-62)75-37-19-15-33-69(75)70-34-16-20-38-76(70)84/h7-52H,1-6H3. The summed E-state index contributed by atoms with van der Waals surface area (Å²) in [7, 11) is 0. The van der Waals surface area contributed by atoms with Gasteiger partial charge in [-0.2, -0.15) is 0 Å². The minimum Gasteiger partial charge on any atom is -0.309 e. The van der Waals surface area contributed by atoms with E-state index in [2.05, 4.69) is 330 Å². The normalized spacial score (nSPS) is 13.4. The molecule has 0 aliphatic heterocycles. The summed E-state index contributed by atoms with van der Waals surface area (Å²) in [5, 5.41) is 7.38. The van der Waals surface area contributed by atoms with Crippen molar-refractivity contribution in [3.63, 3.8) is 0 Å². The molecule has 0 atom stereocenters. The van der Waals surface area contributed by atoms with Crippen LogP contribution in [0.25, 0.3) is 54.6 Å². The molecule has 0 aromatic heterocycles. The van der Waals surface area contributed by atoms with Gasteiger partial charge in [0.1, 0.15) is 0 Å². The molecule has 86 heavy (non-hydrogen) atoms. The molecule has 0 amide bonds. The quantitative estimate of drug-likeness (QED) is 0.126. The van der Waals surface area contributed by atoms with Crippen LogP contribution >= 0.6 is 0 Å². The van der Waals surface area contributed by atoms with Crippen molar-refractivity contribution in [3.8, 4) is 22.3 Å². The molecule has 14 aromatic rings. The largest absolute Gasteiger partial charge is 0.309 e. The average Bonchev–Trinajstić information content (AvgIpc) is 1.48. The summed E-state index contributed by atoms with van der Waals surface area (Å²) >= 11 is 0. The zero-order valence-electron chi connectivity index (χ0n) is 49.5. The molecular weight excluding hydrogens is 1040 g/mol. The highest BCUT2D eigenvalue weighted by Gasteiger charge is 2.48. The van der Waals surface area contributed by atoms with Crippen LogP contribution in [0.2, 0.25) is 0 Å². The third-order valence-electron chi connectivity index (χ3n) is 19.2. The summed E-state index contributed by atoms with van der Waals surface area (Å²) < 4.78 is 0. The number of benzene rings is 14. The minimum atomic E-state index is -0.514. The smallest absolute Gasteiger partial charge is 0.0713 e. The fourth-order valence-electron chi connectivity index (χ4n) is 15.9. The molecule has 0 N–H and O–H groups in total. The van der Waals surface area contributed by atoms with Crippen LogP contribution in [-0.4, -0.2) is 0 Å². The summed E-state index contributed by atoms with van der Waals surface area (Å²) in [5.41, 5.74) is 28.8. The molecule has 16 rings (SSSR count). The Morgan fingerprint density at radius 2 is 0.570 bits per heavy atom. The van der Waals surface area contributed by atoms with E-state index in [9.17, 15) is 0 Å². The van der Waals surface area contributed by atoms with Crippen LogP contribution in [0.3, 0.4) is 0 Å². The number of aryl methyl sites for hydroxylation is 6. The van der Waals surface area contributed by atoms with Crippen LogP contribution in [-0.2, 0) is 10.8 Å². The molecule has 0 heterocycles. The van der Waals surface area contributed by atoms with Crippen LogP contribution in [0.1, 0.15) is 77.9 Å². The Labute approximate surface area is 504 Å². The number of hydrogen-bond acceptors (Lipinski definition) is 2. The SMILES string of the molecule is Cc1cccc(C2(c3cc(C)c(N(c4ccccc4)c4ccc5ccc6c(N(c7ccccc7)c7c(C)cc(C8(c9cccc(C)c9)c9ccccc9-c9ccccc98)cc7C)ccc7ccc4c5c76)c(C)c3)c3ccccc3-c3ccccc32)c1. The van der Waals surface area contributed by atoms with E-state index in [0.717, 1.165) is 22.7 Å². The highest BCUT2D eigenvalue weighted by molar-refractivity contribution is 6.28. The van der Waals surface area contributed by atoms with E-state index in [-0.39, 0.29) is 0 Å². The number of fused-ring (bicyclic) bond motifs is 6. The van der Waals surface area contributed by atoms with E-state index in [0.29, 0.717) is 0 Å². The Balaban J connectivity index is 0.887. The highest BCUT2D eigenvalue weighted by Crippen LogP contribution is 2.60. The zero-order valence-corrected chi connectivity index (χ0v) is 49.5. The van der Waals surface area contributed by atoms with Gasteiger partial charge >= 0.3 is 0 Å². The predicted octanol–water partition coefficient (Wildman–Crippen LogP) is 22.1. The molecule has 2 aliphatic rings. The number of anilines is 6. The van der Waals surface area contributed by atoms with Gasteiger partial charge in [-0.05, 0) is 189 Å². The first-order valence-electron chi connectivity index (χ1n) is 30.3. The fourth-order valence-corrected chi connectivity index (χ4v) is 15.9. The zero-order chi connectivity index (χ0) is 58.0. The van der Waals surface area contributed by atoms with Crippen molar-refractivity contribution in [2.45, 2.75) is 52.4 Å². The Kier molecular flexibility index (Phi) is 11.7. The molecule has 0 bridgehead atoms. The highest BCUT2D eigenvalue weighted by atomic mass is 15.2. The summed E-state index contributed by atoms with van der Waals surface area (Å²) in [6.45, 7) is 13.7. The van der Waals surface area contributed by atoms with Gasteiger partial charge in [0.15, 0.2) is 0 Å². The Hall–Kier alpha value is -10.3. The van der Waals surface area contributed by atoms with Crippen LogP contribution in [0.15, 0.2) is 279 Å². The molecule has 0 saturated heterocycles. The van der Waals surface area contributed by atoms with Gasteiger partial charge in [-0.25, -0.2) is 0 Å². The van der Waals surface area contributed by atoms with Crippen molar-refractivity contribution >= 4 is 66.4 Å². The van der Waals surface area contributed by atoms with Crippen LogP contribution in [0, 0.1) is 41.5 Å². The summed E-state index contributed by atoms with van der Waals surface area (Å²) in [6.07, 6.45) is 0. The number of nitrogens with zero attached hydrogens (tertiary/aromatic N) is 2. The molecule has 0 spiro atoms. The van der Waals surface area contributed by atoms with Gasteiger partial charge in [-0.15, -0.1) is 0 Å². The lowest BCUT2D eigenvalue weighted by Gasteiger charge is -2.36. The molecule has 14 aromatic carbocycles. The van der Waals surface area contributed by atoms with Crippen molar-refractivity contribution in [1.29, 1.82) is 0 Å². The first kappa shape index (κ1) is 51.4. The molecule has 410 valence electrons. The predicted molar refractivity (Wildman–Crippen MR) is 363 cm³/mol. The first-order chi connectivity index (χ1) is 42.1. The van der Waals surface area contributed by atoms with Crippen molar-refractivity contribution in [1.82, 2.24) is 0 Å². The van der Waals surface area contributed by atoms with E-state index in [1.54, 1.807) is 0 Å². The Morgan fingerprint density at radius 3 is 0.907 bits per heavy atom. The van der Waals surface area contributed by atoms with Gasteiger partial charge < -0.3 is 9.80 Å². The maximum absolute atomic E-state index is 2.53. The fraction of sp³-hybridized carbons (Fsp3) is 0.0952. The number of hydrogen-bond donors (Lipinski definition) is 0. The van der Waals surface area contributed by atoms with Crippen LogP contribution in [0.5, 0.6) is 0 Å². The molecular formula is C84H64N2. The molecule has 2 heteroatoms. The third-order valence-corrected chi connectivity index (χ3v) is 19.2. The number of rotatable bonds is 10. The van der Waals surface area contributed by atoms with E-state index in [4.69, 9.17) is 0 Å². The topological polar surface area (TPSA) is 6.48 Å². The van der Waals surface area contributed by atoms with Crippen molar-refractivity contribution < 1.29 is 0 Å². The van der Waals surface area contributed by atoms with E-state index in [1.807, 2.05) is 0 Å². The second kappa shape index (κ2) is 19.7. The molecule has 0 fully saturated rings. The summed E-state index contributed by atoms with van der Waals surface area (Å²) in [5.74, 6) is 0. The van der Waals surface area contributed by atoms with Crippen LogP contribution in [0.4, 0.5) is 34.1 Å². The van der Waals surface area contributed by atoms with Crippen LogP contribution < -0.4 is 9.80 Å². The second-order valence-electron chi connectivity index (χ2n) is 24.3. The monoisotopic (exact) mass is 1100 g/mol. The van der Waals surface area contributed by atoms with Crippen molar-refractivity contribution in [3.05, 3.63) is 357 Å². The lowest BCUT2D eigenvalue weighted by Crippen LogP contribution is -2.29. The first-order valence-corrected chi connectivity index (χ1v) is 30.3. The maximum Gasteiger partial charge on any atom is 0.0713 e. The second-order valence-corrected chi connectivity index (χ2v) is 24.3. The maximum atomic E-state index is 2.53. The van der Waals surface area contributed by atoms with E-state index >= 15 is 0 Å². The lowest BCUT2D eigenvalue weighted by molar-refractivity contribution is 0.765. The van der Waals surface area contributed by atoms with Gasteiger partial charge in [-0.1, -0.05) is 254 Å².